The number of aliphatic imine (C=N–C) groups is 1. The summed E-state index contributed by atoms with van der Waals surface area (Å²) in [5.74, 6) is 0.846. The first-order valence-electron chi connectivity index (χ1n) is 7.49. The van der Waals surface area contributed by atoms with Crippen LogP contribution in [0.2, 0.25) is 0 Å². The van der Waals surface area contributed by atoms with E-state index in [1.54, 1.807) is 11.3 Å². The Balaban J connectivity index is 0.00000242. The van der Waals surface area contributed by atoms with E-state index in [-0.39, 0.29) is 24.0 Å². The maximum atomic E-state index is 5.88. The van der Waals surface area contributed by atoms with Gasteiger partial charge in [0, 0.05) is 37.1 Å². The fourth-order valence-corrected chi connectivity index (χ4v) is 2.88. The number of ether oxygens (including phenoxy) is 1. The molecular formula is C14H26IN5OS. The normalized spacial score (nSPS) is 17.8. The standard InChI is InChI=1S/C14H25N5OS.HI/c1-12(13-16-4-10-21-13)11-18-14(15)17-3-2-5-19-6-8-20-9-7-19;/h4,10,12H,2-3,5-9,11H2,1H3,(H3,15,17,18);1H. The van der Waals surface area contributed by atoms with Crippen molar-refractivity contribution in [2.75, 3.05) is 45.9 Å². The highest BCUT2D eigenvalue weighted by Crippen LogP contribution is 2.17. The molecule has 0 radical (unpaired) electrons. The number of hydrogen-bond donors (Lipinski definition) is 2. The minimum absolute atomic E-state index is 0. The number of halogens is 1. The Kier molecular flexibility index (Phi) is 9.92. The van der Waals surface area contributed by atoms with E-state index >= 15 is 0 Å². The molecule has 1 aliphatic rings. The summed E-state index contributed by atoms with van der Waals surface area (Å²) in [4.78, 5) is 11.1. The second-order valence-electron chi connectivity index (χ2n) is 5.23. The molecule has 0 aromatic carbocycles. The quantitative estimate of drug-likeness (QED) is 0.292. The van der Waals surface area contributed by atoms with Crippen molar-refractivity contribution in [2.24, 2.45) is 10.7 Å². The molecule has 8 heteroatoms. The summed E-state index contributed by atoms with van der Waals surface area (Å²) in [7, 11) is 0. The van der Waals surface area contributed by atoms with Gasteiger partial charge in [0.25, 0.3) is 0 Å². The Morgan fingerprint density at radius 3 is 3.00 bits per heavy atom. The van der Waals surface area contributed by atoms with E-state index in [1.807, 2.05) is 11.6 Å². The Morgan fingerprint density at radius 2 is 2.32 bits per heavy atom. The zero-order chi connectivity index (χ0) is 14.9. The van der Waals surface area contributed by atoms with Crippen LogP contribution in [0.5, 0.6) is 0 Å². The van der Waals surface area contributed by atoms with Gasteiger partial charge in [-0.2, -0.15) is 0 Å². The van der Waals surface area contributed by atoms with Crippen LogP contribution in [-0.2, 0) is 4.74 Å². The number of thiazole rings is 1. The van der Waals surface area contributed by atoms with E-state index in [0.29, 0.717) is 18.4 Å². The van der Waals surface area contributed by atoms with Crippen LogP contribution >= 0.6 is 35.3 Å². The molecule has 0 saturated carbocycles. The summed E-state index contributed by atoms with van der Waals surface area (Å²) in [5, 5.41) is 6.27. The fourth-order valence-electron chi connectivity index (χ4n) is 2.19. The van der Waals surface area contributed by atoms with Gasteiger partial charge in [-0.3, -0.25) is 9.89 Å². The number of morpholine rings is 1. The SMILES string of the molecule is CC(CN=C(N)NCCCN1CCOCC1)c1nccs1.I. The molecule has 0 amide bonds. The van der Waals surface area contributed by atoms with Crippen LogP contribution in [0.1, 0.15) is 24.3 Å². The van der Waals surface area contributed by atoms with Crippen molar-refractivity contribution in [1.29, 1.82) is 0 Å². The highest BCUT2D eigenvalue weighted by molar-refractivity contribution is 14.0. The second kappa shape index (κ2) is 11.1. The second-order valence-corrected chi connectivity index (χ2v) is 6.16. The minimum atomic E-state index is 0. The molecule has 1 fully saturated rings. The lowest BCUT2D eigenvalue weighted by atomic mass is 10.2. The van der Waals surface area contributed by atoms with Gasteiger partial charge in [0.1, 0.15) is 0 Å². The van der Waals surface area contributed by atoms with E-state index < -0.39 is 0 Å². The van der Waals surface area contributed by atoms with Crippen LogP contribution in [-0.4, -0.2) is 61.8 Å². The predicted molar refractivity (Wildman–Crippen MR) is 102 cm³/mol. The monoisotopic (exact) mass is 439 g/mol. The number of guanidine groups is 1. The fraction of sp³-hybridized carbons (Fsp3) is 0.714. The van der Waals surface area contributed by atoms with Crippen LogP contribution in [0.25, 0.3) is 0 Å². The molecule has 2 heterocycles. The molecule has 1 aromatic heterocycles. The molecule has 1 aromatic rings. The Morgan fingerprint density at radius 1 is 1.55 bits per heavy atom. The van der Waals surface area contributed by atoms with Gasteiger partial charge >= 0.3 is 0 Å². The van der Waals surface area contributed by atoms with Crippen LogP contribution < -0.4 is 11.1 Å². The molecule has 22 heavy (non-hydrogen) atoms. The van der Waals surface area contributed by atoms with Crippen molar-refractivity contribution in [3.05, 3.63) is 16.6 Å². The maximum Gasteiger partial charge on any atom is 0.188 e. The molecule has 2 rings (SSSR count). The number of nitrogens with zero attached hydrogens (tertiary/aromatic N) is 3. The number of aromatic nitrogens is 1. The molecule has 1 atom stereocenters. The largest absolute Gasteiger partial charge is 0.379 e. The van der Waals surface area contributed by atoms with Crippen LogP contribution in [0.15, 0.2) is 16.6 Å². The van der Waals surface area contributed by atoms with Crippen LogP contribution in [0, 0.1) is 0 Å². The molecule has 126 valence electrons. The van der Waals surface area contributed by atoms with Crippen molar-refractivity contribution in [3.63, 3.8) is 0 Å². The lowest BCUT2D eigenvalue weighted by Gasteiger charge is -2.26. The van der Waals surface area contributed by atoms with Gasteiger partial charge in [-0.05, 0) is 13.0 Å². The maximum absolute atomic E-state index is 5.88. The van der Waals surface area contributed by atoms with Gasteiger partial charge in [-0.15, -0.1) is 35.3 Å². The molecule has 0 spiro atoms. The predicted octanol–water partition coefficient (Wildman–Crippen LogP) is 1.49. The van der Waals surface area contributed by atoms with E-state index in [9.17, 15) is 0 Å². The molecule has 6 nitrogen and oxygen atoms in total. The van der Waals surface area contributed by atoms with Crippen molar-refractivity contribution >= 4 is 41.3 Å². The topological polar surface area (TPSA) is 75.8 Å². The highest BCUT2D eigenvalue weighted by atomic mass is 127. The third-order valence-corrected chi connectivity index (χ3v) is 4.48. The number of nitrogens with two attached hydrogens (primary N) is 1. The zero-order valence-electron chi connectivity index (χ0n) is 13.0. The summed E-state index contributed by atoms with van der Waals surface area (Å²) >= 11 is 1.66. The third-order valence-electron chi connectivity index (χ3n) is 3.47. The first-order valence-corrected chi connectivity index (χ1v) is 8.37. The zero-order valence-corrected chi connectivity index (χ0v) is 16.2. The first kappa shape index (κ1) is 19.6. The minimum Gasteiger partial charge on any atom is -0.379 e. The molecule has 1 saturated heterocycles. The summed E-state index contributed by atoms with van der Waals surface area (Å²) in [6.45, 7) is 8.52. The summed E-state index contributed by atoms with van der Waals surface area (Å²) in [5.41, 5.74) is 5.88. The smallest absolute Gasteiger partial charge is 0.188 e. The number of rotatable bonds is 7. The first-order chi connectivity index (χ1) is 10.3. The highest BCUT2D eigenvalue weighted by Gasteiger charge is 2.09. The number of nitrogens with one attached hydrogen (secondary N) is 1. The van der Waals surface area contributed by atoms with Gasteiger partial charge in [0.15, 0.2) is 5.96 Å². The molecule has 0 bridgehead atoms. The van der Waals surface area contributed by atoms with Crippen molar-refractivity contribution in [3.8, 4) is 0 Å². The third kappa shape index (κ3) is 7.21. The average molecular weight is 439 g/mol. The lowest BCUT2D eigenvalue weighted by Crippen LogP contribution is -2.39. The van der Waals surface area contributed by atoms with Crippen molar-refractivity contribution in [1.82, 2.24) is 15.2 Å². The van der Waals surface area contributed by atoms with E-state index in [4.69, 9.17) is 10.5 Å². The van der Waals surface area contributed by atoms with Crippen molar-refractivity contribution < 1.29 is 4.74 Å². The molecular weight excluding hydrogens is 413 g/mol. The Labute approximate surface area is 153 Å². The molecule has 1 aliphatic heterocycles. The van der Waals surface area contributed by atoms with Gasteiger partial charge < -0.3 is 15.8 Å². The number of hydrogen-bond acceptors (Lipinski definition) is 5. The van der Waals surface area contributed by atoms with Gasteiger partial charge in [-0.1, -0.05) is 6.92 Å². The molecule has 1 unspecified atom stereocenters. The van der Waals surface area contributed by atoms with Gasteiger partial charge in [-0.25, -0.2) is 4.98 Å². The van der Waals surface area contributed by atoms with E-state index in [1.165, 1.54) is 0 Å². The average Bonchev–Trinajstić information content (AvgIpc) is 3.05. The lowest BCUT2D eigenvalue weighted by molar-refractivity contribution is 0.0376. The Hall–Kier alpha value is -0.450. The molecule has 0 aliphatic carbocycles. The summed E-state index contributed by atoms with van der Waals surface area (Å²) in [6, 6.07) is 0. The van der Waals surface area contributed by atoms with E-state index in [0.717, 1.165) is 50.8 Å². The van der Waals surface area contributed by atoms with E-state index in [2.05, 4.69) is 27.1 Å². The molecule has 3 N–H and O–H groups in total. The van der Waals surface area contributed by atoms with Gasteiger partial charge in [0.05, 0.1) is 24.8 Å². The Bertz CT molecular complexity index is 423. The summed E-state index contributed by atoms with van der Waals surface area (Å²) in [6.07, 6.45) is 2.89. The van der Waals surface area contributed by atoms with Gasteiger partial charge in [0.2, 0.25) is 0 Å². The summed E-state index contributed by atoms with van der Waals surface area (Å²) < 4.78 is 5.33. The van der Waals surface area contributed by atoms with Crippen LogP contribution in [0.3, 0.4) is 0 Å². The van der Waals surface area contributed by atoms with Crippen LogP contribution in [0.4, 0.5) is 0 Å². The van der Waals surface area contributed by atoms with Crippen molar-refractivity contribution in [2.45, 2.75) is 19.3 Å².